The van der Waals surface area contributed by atoms with Crippen LogP contribution in [0.1, 0.15) is 94.2 Å². The van der Waals surface area contributed by atoms with Crippen molar-refractivity contribution in [3.8, 4) is 22.9 Å². The molecule has 0 fully saturated rings. The molecule has 0 bridgehead atoms. The van der Waals surface area contributed by atoms with Gasteiger partial charge in [-0.25, -0.2) is 0 Å². The van der Waals surface area contributed by atoms with Gasteiger partial charge in [0.25, 0.3) is 0 Å². The fourth-order valence-corrected chi connectivity index (χ4v) is 16.3. The molecule has 0 radical (unpaired) electrons. The third kappa shape index (κ3) is 5.52. The van der Waals surface area contributed by atoms with Crippen molar-refractivity contribution in [2.45, 2.75) is 116 Å². The molecule has 0 heterocycles. The molecule has 166 valence electrons. The van der Waals surface area contributed by atoms with Crippen LogP contribution in [0.3, 0.4) is 0 Å². The van der Waals surface area contributed by atoms with E-state index in [0.29, 0.717) is 33.2 Å². The first-order valence-corrected chi connectivity index (χ1v) is 16.4. The Morgan fingerprint density at radius 1 is 0.433 bits per heavy atom. The molecular weight excluding hydrogens is 392 g/mol. The smallest absolute Gasteiger partial charge is 0.125 e. The predicted molar refractivity (Wildman–Crippen MR) is 142 cm³/mol. The lowest BCUT2D eigenvalue weighted by Gasteiger charge is -2.38. The van der Waals surface area contributed by atoms with E-state index in [1.54, 1.807) is 0 Å². The molecular formula is C28H46Si2. The Bertz CT molecular complexity index is 674. The molecule has 0 nitrogen and oxygen atoms in total. The van der Waals surface area contributed by atoms with E-state index in [2.05, 4.69) is 130 Å². The van der Waals surface area contributed by atoms with Crippen LogP contribution in [0.15, 0.2) is 24.3 Å². The van der Waals surface area contributed by atoms with Crippen LogP contribution in [0.4, 0.5) is 0 Å². The summed E-state index contributed by atoms with van der Waals surface area (Å²) in [6, 6.07) is 8.67. The van der Waals surface area contributed by atoms with Crippen LogP contribution >= 0.6 is 0 Å². The van der Waals surface area contributed by atoms with Gasteiger partial charge in [0.1, 0.15) is 16.1 Å². The van der Waals surface area contributed by atoms with E-state index in [4.69, 9.17) is 0 Å². The summed E-state index contributed by atoms with van der Waals surface area (Å²) < 4.78 is 0. The maximum absolute atomic E-state index is 3.83. The number of benzene rings is 1. The normalized spacial score (nSPS) is 12.6. The average molecular weight is 439 g/mol. The van der Waals surface area contributed by atoms with Gasteiger partial charge in [0.2, 0.25) is 0 Å². The third-order valence-electron chi connectivity index (χ3n) is 7.46. The Kier molecular flexibility index (Phi) is 9.72. The monoisotopic (exact) mass is 438 g/mol. The van der Waals surface area contributed by atoms with E-state index in [1.165, 1.54) is 0 Å². The summed E-state index contributed by atoms with van der Waals surface area (Å²) in [7, 11) is -3.37. The van der Waals surface area contributed by atoms with Gasteiger partial charge in [-0.05, 0) is 57.5 Å². The molecule has 0 aliphatic heterocycles. The minimum atomic E-state index is -1.69. The fraction of sp³-hybridized carbons (Fsp3) is 0.643. The predicted octanol–water partition coefficient (Wildman–Crippen LogP) is 8.83. The molecule has 0 saturated heterocycles. The van der Waals surface area contributed by atoms with Crippen LogP contribution in [0.5, 0.6) is 0 Å². The van der Waals surface area contributed by atoms with Gasteiger partial charge < -0.3 is 0 Å². The molecule has 0 atom stereocenters. The number of hydrogen-bond acceptors (Lipinski definition) is 0. The molecule has 30 heavy (non-hydrogen) atoms. The Labute approximate surface area is 190 Å². The molecule has 0 amide bonds. The van der Waals surface area contributed by atoms with Gasteiger partial charge in [0.15, 0.2) is 0 Å². The van der Waals surface area contributed by atoms with Crippen LogP contribution in [0, 0.1) is 22.9 Å². The van der Waals surface area contributed by atoms with Gasteiger partial charge in [0.05, 0.1) is 0 Å². The largest absolute Gasteiger partial charge is 0.146 e. The highest BCUT2D eigenvalue weighted by molar-refractivity contribution is 6.91. The highest BCUT2D eigenvalue weighted by Gasteiger charge is 2.42. The van der Waals surface area contributed by atoms with Gasteiger partial charge in [-0.3, -0.25) is 0 Å². The SMILES string of the molecule is CC(C)[Si](C#Cc1ccc(C#C[Si](C(C)C)(C(C)C)C(C)C)cc1)(C(C)C)C(C)C. The van der Waals surface area contributed by atoms with E-state index >= 15 is 0 Å². The van der Waals surface area contributed by atoms with Crippen molar-refractivity contribution in [1.29, 1.82) is 0 Å². The first kappa shape index (κ1) is 26.8. The second kappa shape index (κ2) is 10.9. The summed E-state index contributed by atoms with van der Waals surface area (Å²) >= 11 is 0. The highest BCUT2D eigenvalue weighted by Crippen LogP contribution is 2.41. The maximum Gasteiger partial charge on any atom is 0.146 e. The van der Waals surface area contributed by atoms with E-state index in [0.717, 1.165) is 11.1 Å². The summed E-state index contributed by atoms with van der Waals surface area (Å²) in [5, 5.41) is 0. The standard InChI is InChI=1S/C28H46Si2/c1-21(2)29(22(3)4,23(5)6)19-17-27-13-15-28(16-14-27)18-20-30(24(7)8,25(9)10)26(11)12/h13-16,21-26H,1-12H3. The third-order valence-corrected chi connectivity index (χ3v) is 20.0. The molecule has 0 N–H and O–H groups in total. The van der Waals surface area contributed by atoms with Crippen molar-refractivity contribution in [3.05, 3.63) is 35.4 Å². The second-order valence-electron chi connectivity index (χ2n) is 10.9. The lowest BCUT2D eigenvalue weighted by molar-refractivity contribution is 0.838. The average Bonchev–Trinajstić information content (AvgIpc) is 2.62. The second-order valence-corrected chi connectivity index (χ2v) is 22.0. The maximum atomic E-state index is 3.83. The topological polar surface area (TPSA) is 0 Å². The van der Waals surface area contributed by atoms with Crippen LogP contribution in [-0.2, 0) is 0 Å². The lowest BCUT2D eigenvalue weighted by atomic mass is 10.1. The van der Waals surface area contributed by atoms with Crippen molar-refractivity contribution in [3.63, 3.8) is 0 Å². The van der Waals surface area contributed by atoms with Crippen molar-refractivity contribution in [1.82, 2.24) is 0 Å². The zero-order valence-electron chi connectivity index (χ0n) is 21.8. The van der Waals surface area contributed by atoms with Gasteiger partial charge in [-0.15, -0.1) is 11.1 Å². The fourth-order valence-electron chi connectivity index (χ4n) is 5.86. The van der Waals surface area contributed by atoms with Crippen molar-refractivity contribution in [2.24, 2.45) is 0 Å². The summed E-state index contributed by atoms with van der Waals surface area (Å²) in [6.45, 7) is 28.4. The molecule has 0 spiro atoms. The number of hydrogen-bond donors (Lipinski definition) is 0. The van der Waals surface area contributed by atoms with Gasteiger partial charge >= 0.3 is 0 Å². The van der Waals surface area contributed by atoms with Crippen molar-refractivity contribution < 1.29 is 0 Å². The lowest BCUT2D eigenvalue weighted by Crippen LogP contribution is -2.43. The van der Waals surface area contributed by atoms with Crippen LogP contribution in [-0.4, -0.2) is 16.1 Å². The van der Waals surface area contributed by atoms with E-state index < -0.39 is 16.1 Å². The number of rotatable bonds is 6. The summed E-state index contributed by atoms with van der Waals surface area (Å²) in [5.41, 5.74) is 13.9. The van der Waals surface area contributed by atoms with Crippen LogP contribution < -0.4 is 0 Å². The van der Waals surface area contributed by atoms with Gasteiger partial charge in [0, 0.05) is 11.1 Å². The Hall–Kier alpha value is -1.23. The van der Waals surface area contributed by atoms with Gasteiger partial charge in [-0.2, -0.15) is 0 Å². The first-order valence-electron chi connectivity index (χ1n) is 12.0. The van der Waals surface area contributed by atoms with E-state index in [-0.39, 0.29) is 0 Å². The van der Waals surface area contributed by atoms with E-state index in [1.807, 2.05) is 0 Å². The van der Waals surface area contributed by atoms with Crippen molar-refractivity contribution >= 4 is 16.1 Å². The van der Waals surface area contributed by atoms with Crippen molar-refractivity contribution in [2.75, 3.05) is 0 Å². The van der Waals surface area contributed by atoms with Gasteiger partial charge in [-0.1, -0.05) is 94.9 Å². The molecule has 1 rings (SSSR count). The highest BCUT2D eigenvalue weighted by atomic mass is 28.3. The Balaban J connectivity index is 3.28. The molecule has 2 heteroatoms. The summed E-state index contributed by atoms with van der Waals surface area (Å²) in [6.07, 6.45) is 0. The summed E-state index contributed by atoms with van der Waals surface area (Å²) in [4.78, 5) is 0. The summed E-state index contributed by atoms with van der Waals surface area (Å²) in [5.74, 6) is 7.11. The quantitative estimate of drug-likeness (QED) is 0.307. The zero-order valence-corrected chi connectivity index (χ0v) is 23.8. The Morgan fingerprint density at radius 2 is 0.633 bits per heavy atom. The first-order chi connectivity index (χ1) is 13.8. The zero-order chi connectivity index (χ0) is 23.3. The van der Waals surface area contributed by atoms with Crippen LogP contribution in [0.2, 0.25) is 33.2 Å². The molecule has 0 saturated carbocycles. The van der Waals surface area contributed by atoms with E-state index in [9.17, 15) is 0 Å². The minimum Gasteiger partial charge on any atom is -0.125 e. The molecule has 1 aromatic carbocycles. The minimum absolute atomic E-state index is 0.663. The molecule has 0 aliphatic rings. The Morgan fingerprint density at radius 3 is 0.800 bits per heavy atom. The molecule has 0 aliphatic carbocycles. The molecule has 0 unspecified atom stereocenters. The van der Waals surface area contributed by atoms with Crippen LogP contribution in [0.25, 0.3) is 0 Å². The molecule has 0 aromatic heterocycles. The molecule has 1 aromatic rings.